The van der Waals surface area contributed by atoms with Crippen molar-refractivity contribution < 1.29 is 24.0 Å². The number of halogens is 1. The molecule has 2 aromatic carbocycles. The van der Waals surface area contributed by atoms with Crippen molar-refractivity contribution in [2.24, 2.45) is 0 Å². The summed E-state index contributed by atoms with van der Waals surface area (Å²) in [5.41, 5.74) is -1.77. The van der Waals surface area contributed by atoms with Gasteiger partial charge in [-0.2, -0.15) is 4.39 Å². The third kappa shape index (κ3) is 4.61. The fraction of sp³-hybridized carbons (Fsp3) is 0.176. The average Bonchev–Trinajstić information content (AvgIpc) is 2.61. The zero-order valence-corrected chi connectivity index (χ0v) is 13.7. The lowest BCUT2D eigenvalue weighted by atomic mass is 9.96. The van der Waals surface area contributed by atoms with E-state index < -0.39 is 33.8 Å². The van der Waals surface area contributed by atoms with Crippen LogP contribution < -0.4 is 10.6 Å². The Hall–Kier alpha value is -3.33. The van der Waals surface area contributed by atoms with Crippen molar-refractivity contribution in [3.05, 3.63) is 70.0 Å². The average molecular weight is 361 g/mol. The zero-order chi connectivity index (χ0) is 19.3. The van der Waals surface area contributed by atoms with Crippen molar-refractivity contribution in [2.45, 2.75) is 12.5 Å². The summed E-state index contributed by atoms with van der Waals surface area (Å²) in [5.74, 6) is -3.21. The number of hydrogen-bond donors (Lipinski definition) is 3. The largest absolute Gasteiger partial charge is 0.384 e. The maximum atomic E-state index is 13.3. The molecule has 0 spiro atoms. The van der Waals surface area contributed by atoms with E-state index >= 15 is 0 Å². The molecule has 0 saturated carbocycles. The highest BCUT2D eigenvalue weighted by atomic mass is 19.1. The minimum Gasteiger partial charge on any atom is -0.384 e. The first-order valence-corrected chi connectivity index (χ1v) is 7.52. The minimum atomic E-state index is -1.40. The van der Waals surface area contributed by atoms with Gasteiger partial charge in [0.1, 0.15) is 5.60 Å². The lowest BCUT2D eigenvalue weighted by Gasteiger charge is -2.24. The molecule has 9 heteroatoms. The van der Waals surface area contributed by atoms with Gasteiger partial charge >= 0.3 is 17.5 Å². The van der Waals surface area contributed by atoms with Crippen molar-refractivity contribution in [3.63, 3.8) is 0 Å². The molecule has 0 heterocycles. The number of aliphatic hydroxyl groups is 1. The SMILES string of the molecule is CC(O)(CNC(=O)C(=O)Nc1ccc(F)c([N+](=O)[O-])c1)c1ccccc1. The number of benzene rings is 2. The maximum Gasteiger partial charge on any atom is 0.313 e. The van der Waals surface area contributed by atoms with Crippen LogP contribution >= 0.6 is 0 Å². The molecule has 2 aromatic rings. The maximum absolute atomic E-state index is 13.3. The van der Waals surface area contributed by atoms with E-state index in [0.717, 1.165) is 18.2 Å². The molecular formula is C17H16FN3O5. The van der Waals surface area contributed by atoms with E-state index in [4.69, 9.17) is 0 Å². The predicted molar refractivity (Wildman–Crippen MR) is 90.7 cm³/mol. The summed E-state index contributed by atoms with van der Waals surface area (Å²) in [5, 5.41) is 25.5. The third-order valence-electron chi connectivity index (χ3n) is 3.60. The summed E-state index contributed by atoms with van der Waals surface area (Å²) < 4.78 is 13.3. The van der Waals surface area contributed by atoms with E-state index in [1.165, 1.54) is 6.92 Å². The third-order valence-corrected chi connectivity index (χ3v) is 3.60. The summed E-state index contributed by atoms with van der Waals surface area (Å²) >= 11 is 0. The van der Waals surface area contributed by atoms with Gasteiger partial charge in [-0.05, 0) is 24.6 Å². The van der Waals surface area contributed by atoms with Crippen LogP contribution in [0.25, 0.3) is 0 Å². The molecule has 0 aliphatic heterocycles. The molecule has 136 valence electrons. The van der Waals surface area contributed by atoms with Gasteiger partial charge in [0.25, 0.3) is 0 Å². The number of nitrogens with one attached hydrogen (secondary N) is 2. The number of nitro benzene ring substituents is 1. The van der Waals surface area contributed by atoms with Crippen LogP contribution in [0.3, 0.4) is 0 Å². The highest BCUT2D eigenvalue weighted by molar-refractivity contribution is 6.39. The Kier molecular flexibility index (Phi) is 5.63. The first-order chi connectivity index (χ1) is 12.2. The summed E-state index contributed by atoms with van der Waals surface area (Å²) in [6.07, 6.45) is 0. The van der Waals surface area contributed by atoms with Crippen molar-refractivity contribution in [1.82, 2.24) is 5.32 Å². The number of nitrogens with zero attached hydrogens (tertiary/aromatic N) is 1. The molecule has 0 saturated heterocycles. The summed E-state index contributed by atoms with van der Waals surface area (Å²) in [6.45, 7) is 1.25. The second-order valence-electron chi connectivity index (χ2n) is 5.70. The molecule has 0 aliphatic rings. The monoisotopic (exact) mass is 361 g/mol. The van der Waals surface area contributed by atoms with Gasteiger partial charge in [-0.15, -0.1) is 0 Å². The van der Waals surface area contributed by atoms with Crippen LogP contribution in [0.15, 0.2) is 48.5 Å². The van der Waals surface area contributed by atoms with Crippen LogP contribution in [0.2, 0.25) is 0 Å². The van der Waals surface area contributed by atoms with Crippen molar-refractivity contribution in [2.75, 3.05) is 11.9 Å². The first-order valence-electron chi connectivity index (χ1n) is 7.52. The molecule has 1 unspecified atom stereocenters. The molecule has 0 radical (unpaired) electrons. The van der Waals surface area contributed by atoms with Gasteiger partial charge in [0.05, 0.1) is 11.5 Å². The molecule has 0 aromatic heterocycles. The first kappa shape index (κ1) is 19.0. The van der Waals surface area contributed by atoms with E-state index in [2.05, 4.69) is 10.6 Å². The van der Waals surface area contributed by atoms with Gasteiger partial charge in [-0.3, -0.25) is 19.7 Å². The quantitative estimate of drug-likeness (QED) is 0.425. The molecule has 0 fully saturated rings. The zero-order valence-electron chi connectivity index (χ0n) is 13.7. The van der Waals surface area contributed by atoms with E-state index in [-0.39, 0.29) is 12.2 Å². The van der Waals surface area contributed by atoms with E-state index in [0.29, 0.717) is 5.56 Å². The van der Waals surface area contributed by atoms with E-state index in [9.17, 15) is 29.2 Å². The Morgan fingerprint density at radius 2 is 1.85 bits per heavy atom. The van der Waals surface area contributed by atoms with Crippen LogP contribution in [0.4, 0.5) is 15.8 Å². The van der Waals surface area contributed by atoms with Gasteiger partial charge in [-0.25, -0.2) is 0 Å². The standard InChI is InChI=1S/C17H16FN3O5/c1-17(24,11-5-3-2-4-6-11)10-19-15(22)16(23)20-12-7-8-13(18)14(9-12)21(25)26/h2-9,24H,10H2,1H3,(H,19,22)(H,20,23). The van der Waals surface area contributed by atoms with Crippen LogP contribution in [0, 0.1) is 15.9 Å². The number of carbonyl (C=O) groups excluding carboxylic acids is 2. The Bertz CT molecular complexity index is 840. The molecular weight excluding hydrogens is 345 g/mol. The molecule has 2 rings (SSSR count). The van der Waals surface area contributed by atoms with Crippen LogP contribution in [-0.4, -0.2) is 28.4 Å². The highest BCUT2D eigenvalue weighted by Gasteiger charge is 2.25. The number of amides is 2. The second-order valence-corrected chi connectivity index (χ2v) is 5.70. The summed E-state index contributed by atoms with van der Waals surface area (Å²) in [7, 11) is 0. The van der Waals surface area contributed by atoms with Gasteiger partial charge < -0.3 is 15.7 Å². The Morgan fingerprint density at radius 1 is 1.19 bits per heavy atom. The second kappa shape index (κ2) is 7.70. The molecule has 2 amide bonds. The molecule has 0 aliphatic carbocycles. The molecule has 3 N–H and O–H groups in total. The lowest BCUT2D eigenvalue weighted by Crippen LogP contribution is -2.43. The fourth-order valence-electron chi connectivity index (χ4n) is 2.15. The smallest absolute Gasteiger partial charge is 0.313 e. The van der Waals surface area contributed by atoms with Gasteiger partial charge in [0.2, 0.25) is 5.82 Å². The number of nitro groups is 1. The van der Waals surface area contributed by atoms with Crippen LogP contribution in [0.1, 0.15) is 12.5 Å². The van der Waals surface area contributed by atoms with Gasteiger partial charge in [-0.1, -0.05) is 30.3 Å². The summed E-state index contributed by atoms with van der Waals surface area (Å²) in [4.78, 5) is 33.5. The molecule has 0 bridgehead atoms. The number of hydrogen-bond acceptors (Lipinski definition) is 5. The van der Waals surface area contributed by atoms with Crippen LogP contribution in [0.5, 0.6) is 0 Å². The Balaban J connectivity index is 1.99. The Labute approximate surface area is 147 Å². The predicted octanol–water partition coefficient (Wildman–Crippen LogP) is 1.70. The number of rotatable bonds is 5. The number of anilines is 1. The van der Waals surface area contributed by atoms with Crippen LogP contribution in [-0.2, 0) is 15.2 Å². The van der Waals surface area contributed by atoms with Gasteiger partial charge in [0.15, 0.2) is 0 Å². The minimum absolute atomic E-state index is 0.104. The topological polar surface area (TPSA) is 122 Å². The van der Waals surface area contributed by atoms with Gasteiger partial charge in [0, 0.05) is 11.8 Å². The van der Waals surface area contributed by atoms with E-state index in [1.54, 1.807) is 30.3 Å². The lowest BCUT2D eigenvalue weighted by molar-refractivity contribution is -0.387. The fourth-order valence-corrected chi connectivity index (χ4v) is 2.15. The molecule has 26 heavy (non-hydrogen) atoms. The normalized spacial score (nSPS) is 12.7. The number of carbonyl (C=O) groups is 2. The van der Waals surface area contributed by atoms with E-state index in [1.807, 2.05) is 0 Å². The highest BCUT2D eigenvalue weighted by Crippen LogP contribution is 2.22. The van der Waals surface area contributed by atoms with Crippen molar-refractivity contribution >= 4 is 23.2 Å². The van der Waals surface area contributed by atoms with Crippen molar-refractivity contribution in [3.8, 4) is 0 Å². The molecule has 8 nitrogen and oxygen atoms in total. The summed E-state index contributed by atoms with van der Waals surface area (Å²) in [6, 6.07) is 11.3. The van der Waals surface area contributed by atoms with Crippen molar-refractivity contribution in [1.29, 1.82) is 0 Å². The Morgan fingerprint density at radius 3 is 2.46 bits per heavy atom. The molecule has 1 atom stereocenters.